The molecule has 0 aromatic heterocycles. The van der Waals surface area contributed by atoms with Crippen LogP contribution < -0.4 is 5.46 Å². The number of carbonyl (C=O) groups is 1. The van der Waals surface area contributed by atoms with Gasteiger partial charge in [-0.25, -0.2) is 4.79 Å². The zero-order chi connectivity index (χ0) is 21.0. The van der Waals surface area contributed by atoms with Gasteiger partial charge in [0, 0.05) is 19.4 Å². The van der Waals surface area contributed by atoms with Gasteiger partial charge in [-0.15, -0.1) is 0 Å². The van der Waals surface area contributed by atoms with E-state index in [4.69, 9.17) is 14.0 Å². The number of hydrogen-bond acceptors (Lipinski definition) is 5. The zero-order valence-corrected chi connectivity index (χ0v) is 18.1. The highest BCUT2D eigenvalue weighted by atomic mass is 16.7. The normalized spacial score (nSPS) is 31.9. The van der Waals surface area contributed by atoms with Gasteiger partial charge in [-0.3, -0.25) is 0 Å². The summed E-state index contributed by atoms with van der Waals surface area (Å²) in [5.74, 6) is 0. The van der Waals surface area contributed by atoms with E-state index < -0.39 is 12.7 Å². The Balaban J connectivity index is 1.43. The summed E-state index contributed by atoms with van der Waals surface area (Å²) in [6, 6.07) is 8.00. The second kappa shape index (κ2) is 7.00. The first-order valence-electron chi connectivity index (χ1n) is 10.7. The molecule has 3 atom stereocenters. The predicted octanol–water partition coefficient (Wildman–Crippen LogP) is 3.17. The van der Waals surface area contributed by atoms with Gasteiger partial charge >= 0.3 is 13.2 Å². The van der Waals surface area contributed by atoms with Crippen LogP contribution in [0.15, 0.2) is 24.3 Å². The molecule has 1 aromatic carbocycles. The van der Waals surface area contributed by atoms with Crippen molar-refractivity contribution in [3.8, 4) is 0 Å². The minimum atomic E-state index is -0.465. The topological polar surface area (TPSA) is 68.2 Å². The lowest BCUT2D eigenvalue weighted by Crippen LogP contribution is -2.49. The van der Waals surface area contributed by atoms with Gasteiger partial charge < -0.3 is 24.1 Å². The summed E-state index contributed by atoms with van der Waals surface area (Å²) in [5, 5.41) is 9.84. The number of nitrogens with zero attached hydrogens (tertiary/aromatic N) is 1. The van der Waals surface area contributed by atoms with Crippen LogP contribution in [-0.4, -0.2) is 52.7 Å². The first-order chi connectivity index (χ1) is 13.5. The number of amides is 1. The fourth-order valence-corrected chi connectivity index (χ4v) is 4.54. The smallest absolute Gasteiger partial charge is 0.443 e. The van der Waals surface area contributed by atoms with Crippen molar-refractivity contribution in [2.45, 2.75) is 89.3 Å². The molecule has 1 aromatic rings. The maximum Gasteiger partial charge on any atom is 0.494 e. The Labute approximate surface area is 173 Å². The van der Waals surface area contributed by atoms with E-state index in [9.17, 15) is 9.90 Å². The molecule has 3 aliphatic rings. The fraction of sp³-hybridized carbons (Fsp3) is 0.682. The second-order valence-electron chi connectivity index (χ2n) is 9.82. The van der Waals surface area contributed by atoms with Crippen LogP contribution in [-0.2, 0) is 14.0 Å². The monoisotopic (exact) mass is 401 g/mol. The maximum atomic E-state index is 12.7. The SMILES string of the molecule is C[C@@H](c1ccc(B2OC(C)(C)C(C)(C)O2)cc1)N1CC[C@]2(CC[C@@H](O)C2)OC1=O. The molecule has 1 saturated carbocycles. The molecule has 29 heavy (non-hydrogen) atoms. The standard InChI is InChI=1S/C22H32BNO5/c1-15(24-13-12-22(27-19(24)26)11-10-18(25)14-22)16-6-8-17(9-7-16)23-28-20(2,3)21(4,5)29-23/h6-9,15,18,25H,10-14H2,1-5H3/t15-,18+,22-/m0/s1. The molecule has 1 amide bonds. The third-order valence-corrected chi connectivity index (χ3v) is 7.30. The molecule has 2 heterocycles. The summed E-state index contributed by atoms with van der Waals surface area (Å²) in [5.41, 5.74) is 0.813. The van der Waals surface area contributed by atoms with Crippen molar-refractivity contribution >= 4 is 18.7 Å². The van der Waals surface area contributed by atoms with Gasteiger partial charge in [-0.1, -0.05) is 24.3 Å². The van der Waals surface area contributed by atoms with Crippen LogP contribution in [0.25, 0.3) is 0 Å². The van der Waals surface area contributed by atoms with Gasteiger partial charge in [-0.2, -0.15) is 0 Å². The predicted molar refractivity (Wildman–Crippen MR) is 111 cm³/mol. The summed E-state index contributed by atoms with van der Waals surface area (Å²) in [4.78, 5) is 14.5. The summed E-state index contributed by atoms with van der Waals surface area (Å²) < 4.78 is 18.0. The molecule has 6 nitrogen and oxygen atoms in total. The van der Waals surface area contributed by atoms with Crippen LogP contribution in [0.2, 0.25) is 0 Å². The molecule has 0 bridgehead atoms. The molecule has 158 valence electrons. The summed E-state index contributed by atoms with van der Waals surface area (Å²) in [7, 11) is -0.391. The summed E-state index contributed by atoms with van der Waals surface area (Å²) in [6.45, 7) is 10.8. The molecule has 3 fully saturated rings. The molecule has 0 unspecified atom stereocenters. The molecule has 2 saturated heterocycles. The van der Waals surface area contributed by atoms with Gasteiger partial charge in [0.25, 0.3) is 0 Å². The van der Waals surface area contributed by atoms with Gasteiger partial charge in [0.15, 0.2) is 0 Å². The second-order valence-corrected chi connectivity index (χ2v) is 9.82. The van der Waals surface area contributed by atoms with Crippen LogP contribution in [0.1, 0.15) is 71.9 Å². The number of aliphatic hydroxyl groups excluding tert-OH is 1. The molecule has 1 spiro atoms. The lowest BCUT2D eigenvalue weighted by atomic mass is 9.78. The van der Waals surface area contributed by atoms with E-state index in [0.717, 1.165) is 23.9 Å². The van der Waals surface area contributed by atoms with E-state index in [0.29, 0.717) is 19.4 Å². The number of aliphatic hydroxyl groups is 1. The molecule has 7 heteroatoms. The lowest BCUT2D eigenvalue weighted by Gasteiger charge is -2.41. The third-order valence-electron chi connectivity index (χ3n) is 7.30. The average molecular weight is 401 g/mol. The number of hydrogen-bond donors (Lipinski definition) is 1. The molecule has 0 radical (unpaired) electrons. The molecule has 1 N–H and O–H groups in total. The quantitative estimate of drug-likeness (QED) is 0.789. The van der Waals surface area contributed by atoms with E-state index in [2.05, 4.69) is 0 Å². The summed E-state index contributed by atoms with van der Waals surface area (Å²) >= 11 is 0. The van der Waals surface area contributed by atoms with Crippen LogP contribution in [0.5, 0.6) is 0 Å². The molecule has 2 aliphatic heterocycles. The van der Waals surface area contributed by atoms with Gasteiger partial charge in [0.05, 0.1) is 23.3 Å². The highest BCUT2D eigenvalue weighted by molar-refractivity contribution is 6.62. The number of carbonyl (C=O) groups excluding carboxylic acids is 1. The number of benzene rings is 1. The van der Waals surface area contributed by atoms with Crippen molar-refractivity contribution in [1.29, 1.82) is 0 Å². The van der Waals surface area contributed by atoms with Crippen molar-refractivity contribution in [2.24, 2.45) is 0 Å². The Hall–Kier alpha value is -1.57. The van der Waals surface area contributed by atoms with Gasteiger partial charge in [0.2, 0.25) is 0 Å². The van der Waals surface area contributed by atoms with Crippen LogP contribution >= 0.6 is 0 Å². The zero-order valence-electron chi connectivity index (χ0n) is 18.1. The molecular formula is C22H32BNO5. The molecular weight excluding hydrogens is 369 g/mol. The Morgan fingerprint density at radius 1 is 1.10 bits per heavy atom. The van der Waals surface area contributed by atoms with Gasteiger partial charge in [0.1, 0.15) is 5.60 Å². The molecule has 4 rings (SSSR count). The minimum Gasteiger partial charge on any atom is -0.443 e. The fourth-order valence-electron chi connectivity index (χ4n) is 4.54. The van der Waals surface area contributed by atoms with E-state index in [-0.39, 0.29) is 29.4 Å². The third kappa shape index (κ3) is 3.69. The first kappa shape index (κ1) is 20.7. The Bertz CT molecular complexity index is 764. The first-order valence-corrected chi connectivity index (χ1v) is 10.7. The Kier molecular flexibility index (Phi) is 4.99. The van der Waals surface area contributed by atoms with Gasteiger partial charge in [-0.05, 0) is 58.5 Å². The highest BCUT2D eigenvalue weighted by Gasteiger charge is 2.52. The maximum absolute atomic E-state index is 12.7. The summed E-state index contributed by atoms with van der Waals surface area (Å²) in [6.07, 6.45) is 2.16. The number of ether oxygens (including phenoxy) is 1. The van der Waals surface area contributed by atoms with Crippen molar-refractivity contribution < 1.29 is 23.9 Å². The van der Waals surface area contributed by atoms with Crippen molar-refractivity contribution in [1.82, 2.24) is 4.90 Å². The van der Waals surface area contributed by atoms with Crippen molar-refractivity contribution in [3.05, 3.63) is 29.8 Å². The van der Waals surface area contributed by atoms with E-state index >= 15 is 0 Å². The van der Waals surface area contributed by atoms with E-state index in [1.54, 1.807) is 4.90 Å². The van der Waals surface area contributed by atoms with E-state index in [1.165, 1.54) is 0 Å². The molecule has 1 aliphatic carbocycles. The Morgan fingerprint density at radius 3 is 2.24 bits per heavy atom. The largest absolute Gasteiger partial charge is 0.494 e. The van der Waals surface area contributed by atoms with Crippen LogP contribution in [0, 0.1) is 0 Å². The minimum absolute atomic E-state index is 0.0847. The van der Waals surface area contributed by atoms with Crippen molar-refractivity contribution in [2.75, 3.05) is 6.54 Å². The van der Waals surface area contributed by atoms with E-state index in [1.807, 2.05) is 58.9 Å². The highest BCUT2D eigenvalue weighted by Crippen LogP contribution is 2.41. The lowest BCUT2D eigenvalue weighted by molar-refractivity contribution is -0.0572. The van der Waals surface area contributed by atoms with Crippen molar-refractivity contribution in [3.63, 3.8) is 0 Å². The Morgan fingerprint density at radius 2 is 1.72 bits per heavy atom. The number of rotatable bonds is 3. The average Bonchev–Trinajstić information content (AvgIpc) is 3.10. The van der Waals surface area contributed by atoms with Crippen LogP contribution in [0.4, 0.5) is 4.79 Å². The van der Waals surface area contributed by atoms with Crippen LogP contribution in [0.3, 0.4) is 0 Å².